The SMILES string of the molecule is CCCC1CCN(C[C@H]2CCCN2)C1. The van der Waals surface area contributed by atoms with Crippen LogP contribution in [0.4, 0.5) is 0 Å². The van der Waals surface area contributed by atoms with Crippen molar-refractivity contribution in [1.82, 2.24) is 10.2 Å². The van der Waals surface area contributed by atoms with Crippen molar-refractivity contribution in [2.24, 2.45) is 5.92 Å². The number of hydrogen-bond donors (Lipinski definition) is 1. The molecule has 0 amide bonds. The third-order valence-corrected chi connectivity index (χ3v) is 3.71. The normalized spacial score (nSPS) is 34.1. The van der Waals surface area contributed by atoms with Crippen LogP contribution < -0.4 is 5.32 Å². The number of hydrogen-bond acceptors (Lipinski definition) is 2. The van der Waals surface area contributed by atoms with E-state index in [2.05, 4.69) is 17.1 Å². The van der Waals surface area contributed by atoms with Crippen LogP contribution in [0.15, 0.2) is 0 Å². The maximum Gasteiger partial charge on any atom is 0.0195 e. The Morgan fingerprint density at radius 1 is 1.36 bits per heavy atom. The minimum absolute atomic E-state index is 0.801. The summed E-state index contributed by atoms with van der Waals surface area (Å²) in [6, 6.07) is 0.801. The van der Waals surface area contributed by atoms with E-state index in [1.54, 1.807) is 0 Å². The summed E-state index contributed by atoms with van der Waals surface area (Å²) in [4.78, 5) is 2.67. The van der Waals surface area contributed by atoms with Gasteiger partial charge in [-0.3, -0.25) is 0 Å². The summed E-state index contributed by atoms with van der Waals surface area (Å²) in [5.74, 6) is 1.00. The quantitative estimate of drug-likeness (QED) is 0.738. The fourth-order valence-corrected chi connectivity index (χ4v) is 2.95. The van der Waals surface area contributed by atoms with E-state index in [4.69, 9.17) is 0 Å². The number of rotatable bonds is 4. The molecule has 2 aliphatic rings. The first-order valence-electron chi connectivity index (χ1n) is 6.34. The van der Waals surface area contributed by atoms with Crippen LogP contribution >= 0.6 is 0 Å². The van der Waals surface area contributed by atoms with Crippen LogP contribution in [0.3, 0.4) is 0 Å². The zero-order valence-electron chi connectivity index (χ0n) is 9.47. The van der Waals surface area contributed by atoms with Gasteiger partial charge in [-0.1, -0.05) is 13.3 Å². The second-order valence-corrected chi connectivity index (χ2v) is 5.00. The van der Waals surface area contributed by atoms with Gasteiger partial charge in [-0.05, 0) is 44.7 Å². The zero-order chi connectivity index (χ0) is 9.80. The summed E-state index contributed by atoms with van der Waals surface area (Å²) < 4.78 is 0. The van der Waals surface area contributed by atoms with E-state index in [0.29, 0.717) is 0 Å². The van der Waals surface area contributed by atoms with E-state index in [9.17, 15) is 0 Å². The van der Waals surface area contributed by atoms with Crippen molar-refractivity contribution >= 4 is 0 Å². The average molecular weight is 196 g/mol. The molecule has 2 aliphatic heterocycles. The lowest BCUT2D eigenvalue weighted by Gasteiger charge is -2.20. The smallest absolute Gasteiger partial charge is 0.0195 e. The largest absolute Gasteiger partial charge is 0.313 e. The molecule has 1 unspecified atom stereocenters. The Morgan fingerprint density at radius 3 is 3.00 bits per heavy atom. The standard InChI is InChI=1S/C12H24N2/c1-2-4-11-6-8-14(9-11)10-12-5-3-7-13-12/h11-13H,2-10H2,1H3/t11?,12-/m1/s1. The van der Waals surface area contributed by atoms with E-state index >= 15 is 0 Å². The van der Waals surface area contributed by atoms with Crippen LogP contribution in [0.2, 0.25) is 0 Å². The third kappa shape index (κ3) is 2.71. The van der Waals surface area contributed by atoms with Gasteiger partial charge in [-0.15, -0.1) is 0 Å². The van der Waals surface area contributed by atoms with Crippen LogP contribution in [0.5, 0.6) is 0 Å². The Hall–Kier alpha value is -0.0800. The van der Waals surface area contributed by atoms with E-state index in [-0.39, 0.29) is 0 Å². The summed E-state index contributed by atoms with van der Waals surface area (Å²) in [5, 5.41) is 3.59. The lowest BCUT2D eigenvalue weighted by atomic mass is 10.0. The second kappa shape index (κ2) is 5.13. The summed E-state index contributed by atoms with van der Waals surface area (Å²) in [5.41, 5.74) is 0. The number of likely N-dealkylation sites (tertiary alicyclic amines) is 1. The van der Waals surface area contributed by atoms with Crippen molar-refractivity contribution in [3.05, 3.63) is 0 Å². The van der Waals surface area contributed by atoms with E-state index in [1.807, 2.05) is 0 Å². The molecule has 0 saturated carbocycles. The Bertz CT molecular complexity index is 164. The van der Waals surface area contributed by atoms with Crippen molar-refractivity contribution in [3.8, 4) is 0 Å². The Labute approximate surface area is 88.1 Å². The molecule has 0 aromatic rings. The number of nitrogens with zero attached hydrogens (tertiary/aromatic N) is 1. The zero-order valence-corrected chi connectivity index (χ0v) is 9.47. The van der Waals surface area contributed by atoms with Gasteiger partial charge in [0, 0.05) is 19.1 Å². The van der Waals surface area contributed by atoms with Gasteiger partial charge in [0.1, 0.15) is 0 Å². The number of nitrogens with one attached hydrogen (secondary N) is 1. The van der Waals surface area contributed by atoms with Crippen molar-refractivity contribution in [2.45, 2.75) is 45.1 Å². The molecule has 82 valence electrons. The van der Waals surface area contributed by atoms with Gasteiger partial charge in [0.15, 0.2) is 0 Å². The molecular formula is C12H24N2. The maximum absolute atomic E-state index is 3.59. The highest BCUT2D eigenvalue weighted by atomic mass is 15.2. The van der Waals surface area contributed by atoms with Crippen LogP contribution in [-0.4, -0.2) is 37.1 Å². The highest BCUT2D eigenvalue weighted by Crippen LogP contribution is 2.21. The van der Waals surface area contributed by atoms with E-state index < -0.39 is 0 Å². The molecule has 2 heteroatoms. The monoisotopic (exact) mass is 196 g/mol. The molecule has 0 aliphatic carbocycles. The van der Waals surface area contributed by atoms with Gasteiger partial charge in [-0.2, -0.15) is 0 Å². The third-order valence-electron chi connectivity index (χ3n) is 3.71. The maximum atomic E-state index is 3.59. The lowest BCUT2D eigenvalue weighted by molar-refractivity contribution is 0.289. The first-order chi connectivity index (χ1) is 6.88. The Morgan fingerprint density at radius 2 is 2.29 bits per heavy atom. The van der Waals surface area contributed by atoms with Crippen molar-refractivity contribution in [1.29, 1.82) is 0 Å². The molecule has 0 aromatic carbocycles. The molecule has 1 N–H and O–H groups in total. The van der Waals surface area contributed by atoms with Crippen LogP contribution in [0, 0.1) is 5.92 Å². The predicted molar refractivity (Wildman–Crippen MR) is 60.5 cm³/mol. The predicted octanol–water partition coefficient (Wildman–Crippen LogP) is 1.86. The molecule has 0 bridgehead atoms. The molecule has 2 nitrogen and oxygen atoms in total. The molecule has 0 aromatic heterocycles. The molecule has 2 fully saturated rings. The van der Waals surface area contributed by atoms with Crippen molar-refractivity contribution < 1.29 is 0 Å². The molecule has 2 saturated heterocycles. The van der Waals surface area contributed by atoms with Crippen molar-refractivity contribution in [2.75, 3.05) is 26.2 Å². The summed E-state index contributed by atoms with van der Waals surface area (Å²) in [6.07, 6.45) is 7.03. The fraction of sp³-hybridized carbons (Fsp3) is 1.00. The van der Waals surface area contributed by atoms with Gasteiger partial charge in [-0.25, -0.2) is 0 Å². The first kappa shape index (κ1) is 10.4. The molecule has 14 heavy (non-hydrogen) atoms. The highest BCUT2D eigenvalue weighted by Gasteiger charge is 2.24. The molecule has 2 atom stereocenters. The van der Waals surface area contributed by atoms with Gasteiger partial charge in [0.2, 0.25) is 0 Å². The molecule has 2 rings (SSSR count). The Balaban J connectivity index is 1.67. The molecule has 0 spiro atoms. The van der Waals surface area contributed by atoms with Crippen LogP contribution in [0.1, 0.15) is 39.0 Å². The Kier molecular flexibility index (Phi) is 3.82. The average Bonchev–Trinajstić information content (AvgIpc) is 2.79. The van der Waals surface area contributed by atoms with Gasteiger partial charge >= 0.3 is 0 Å². The second-order valence-electron chi connectivity index (χ2n) is 5.00. The van der Waals surface area contributed by atoms with Crippen LogP contribution in [0.25, 0.3) is 0 Å². The van der Waals surface area contributed by atoms with E-state index in [0.717, 1.165) is 12.0 Å². The first-order valence-corrected chi connectivity index (χ1v) is 6.34. The van der Waals surface area contributed by atoms with Crippen molar-refractivity contribution in [3.63, 3.8) is 0 Å². The minimum atomic E-state index is 0.801. The molecule has 2 heterocycles. The minimum Gasteiger partial charge on any atom is -0.313 e. The van der Waals surface area contributed by atoms with Crippen LogP contribution in [-0.2, 0) is 0 Å². The topological polar surface area (TPSA) is 15.3 Å². The highest BCUT2D eigenvalue weighted by molar-refractivity contribution is 4.82. The fourth-order valence-electron chi connectivity index (χ4n) is 2.95. The summed E-state index contributed by atoms with van der Waals surface area (Å²) >= 11 is 0. The van der Waals surface area contributed by atoms with Gasteiger partial charge in [0.25, 0.3) is 0 Å². The summed E-state index contributed by atoms with van der Waals surface area (Å²) in [7, 11) is 0. The van der Waals surface area contributed by atoms with Gasteiger partial charge in [0.05, 0.1) is 0 Å². The van der Waals surface area contributed by atoms with E-state index in [1.165, 1.54) is 58.3 Å². The summed E-state index contributed by atoms with van der Waals surface area (Å²) in [6.45, 7) is 7.58. The molecular weight excluding hydrogens is 172 g/mol. The van der Waals surface area contributed by atoms with Gasteiger partial charge < -0.3 is 10.2 Å². The lowest BCUT2D eigenvalue weighted by Crippen LogP contribution is -2.36. The molecule has 0 radical (unpaired) electrons.